The van der Waals surface area contributed by atoms with Crippen molar-refractivity contribution in [1.82, 2.24) is 0 Å². The Bertz CT molecular complexity index is 397. The quantitative estimate of drug-likeness (QED) is 0.348. The van der Waals surface area contributed by atoms with Gasteiger partial charge in [-0.05, 0) is 22.9 Å². The number of ether oxygens (including phenoxy) is 1. The maximum atomic E-state index is 13.3. The van der Waals surface area contributed by atoms with Crippen molar-refractivity contribution in [2.24, 2.45) is 5.18 Å². The van der Waals surface area contributed by atoms with Crippen molar-refractivity contribution in [1.29, 1.82) is 0 Å². The van der Waals surface area contributed by atoms with Crippen LogP contribution in [-0.2, 0) is 4.74 Å². The third-order valence-corrected chi connectivity index (χ3v) is 2.10. The lowest BCUT2D eigenvalue weighted by Gasteiger charge is -2.04. The number of esters is 1. The van der Waals surface area contributed by atoms with Gasteiger partial charge in [0.2, 0.25) is 0 Å². The molecule has 1 aromatic rings. The second-order valence-electron chi connectivity index (χ2n) is 2.67. The minimum absolute atomic E-state index is 0.191. The number of halogens is 2. The van der Waals surface area contributed by atoms with Crippen molar-refractivity contribution < 1.29 is 13.9 Å². The molecule has 0 saturated carbocycles. The van der Waals surface area contributed by atoms with Gasteiger partial charge in [0.1, 0.15) is 5.82 Å². The highest BCUT2D eigenvalue weighted by atomic mass is 35.5. The SMILES string of the molecule is COC(=O)c1ccc(C(Cl)N=O)cc1F. The third kappa shape index (κ3) is 2.50. The summed E-state index contributed by atoms with van der Waals surface area (Å²) in [5, 5.41) is 2.53. The molecule has 0 spiro atoms. The summed E-state index contributed by atoms with van der Waals surface area (Å²) in [5.74, 6) is -1.59. The molecule has 15 heavy (non-hydrogen) atoms. The van der Waals surface area contributed by atoms with Crippen LogP contribution in [0.2, 0.25) is 0 Å². The van der Waals surface area contributed by atoms with Crippen LogP contribution in [0.25, 0.3) is 0 Å². The lowest BCUT2D eigenvalue weighted by molar-refractivity contribution is 0.0595. The fourth-order valence-electron chi connectivity index (χ4n) is 1.02. The smallest absolute Gasteiger partial charge is 0.340 e. The molecule has 0 fully saturated rings. The normalized spacial score (nSPS) is 11.9. The zero-order chi connectivity index (χ0) is 11.4. The first-order valence-electron chi connectivity index (χ1n) is 3.94. The van der Waals surface area contributed by atoms with Gasteiger partial charge in [-0.1, -0.05) is 17.7 Å². The fraction of sp³-hybridized carbons (Fsp3) is 0.222. The Morgan fingerprint density at radius 3 is 2.73 bits per heavy atom. The molecule has 1 atom stereocenters. The Kier molecular flexibility index (Phi) is 3.74. The number of rotatable bonds is 3. The van der Waals surface area contributed by atoms with Crippen LogP contribution in [0.5, 0.6) is 0 Å². The largest absolute Gasteiger partial charge is 0.465 e. The first-order chi connectivity index (χ1) is 7.10. The molecule has 0 radical (unpaired) electrons. The lowest BCUT2D eigenvalue weighted by Crippen LogP contribution is -2.05. The number of alkyl halides is 1. The van der Waals surface area contributed by atoms with Gasteiger partial charge < -0.3 is 4.74 Å². The summed E-state index contributed by atoms with van der Waals surface area (Å²) >= 11 is 5.47. The highest BCUT2D eigenvalue weighted by molar-refractivity contribution is 6.20. The van der Waals surface area contributed by atoms with E-state index in [1.54, 1.807) is 0 Å². The second-order valence-corrected chi connectivity index (χ2v) is 3.09. The third-order valence-electron chi connectivity index (χ3n) is 1.77. The molecule has 80 valence electrons. The van der Waals surface area contributed by atoms with E-state index in [-0.39, 0.29) is 11.1 Å². The summed E-state index contributed by atoms with van der Waals surface area (Å²) in [6.07, 6.45) is 0. The van der Waals surface area contributed by atoms with E-state index in [1.807, 2.05) is 0 Å². The number of benzene rings is 1. The molecule has 0 N–H and O–H groups in total. The van der Waals surface area contributed by atoms with Crippen LogP contribution in [0.1, 0.15) is 21.4 Å². The average Bonchev–Trinajstić information content (AvgIpc) is 2.26. The average molecular weight is 232 g/mol. The number of methoxy groups -OCH3 is 1. The zero-order valence-corrected chi connectivity index (χ0v) is 8.49. The molecule has 4 nitrogen and oxygen atoms in total. The molecular formula is C9H7ClFNO3. The summed E-state index contributed by atoms with van der Waals surface area (Å²) in [5.41, 5.74) is -1.18. The van der Waals surface area contributed by atoms with E-state index in [2.05, 4.69) is 9.91 Å². The molecule has 0 aromatic heterocycles. The van der Waals surface area contributed by atoms with Crippen molar-refractivity contribution >= 4 is 17.6 Å². The molecule has 0 amide bonds. The van der Waals surface area contributed by atoms with E-state index in [0.29, 0.717) is 0 Å². The van der Waals surface area contributed by atoms with E-state index >= 15 is 0 Å². The summed E-state index contributed by atoms with van der Waals surface area (Å²) in [6.45, 7) is 0. The van der Waals surface area contributed by atoms with Crippen LogP contribution < -0.4 is 0 Å². The van der Waals surface area contributed by atoms with Crippen molar-refractivity contribution in [2.45, 2.75) is 5.50 Å². The molecule has 1 rings (SSSR count). The Labute approximate surface area is 90.0 Å². The first kappa shape index (κ1) is 11.6. The maximum absolute atomic E-state index is 13.3. The van der Waals surface area contributed by atoms with E-state index < -0.39 is 17.3 Å². The molecule has 0 heterocycles. The number of hydrogen-bond acceptors (Lipinski definition) is 4. The fourth-order valence-corrected chi connectivity index (χ4v) is 1.15. The van der Waals surface area contributed by atoms with Gasteiger partial charge in [-0.25, -0.2) is 9.18 Å². The number of hydrogen-bond donors (Lipinski definition) is 0. The summed E-state index contributed by atoms with van der Waals surface area (Å²) < 4.78 is 17.6. The maximum Gasteiger partial charge on any atom is 0.340 e. The topological polar surface area (TPSA) is 55.7 Å². The van der Waals surface area contributed by atoms with Crippen LogP contribution in [0.3, 0.4) is 0 Å². The summed E-state index contributed by atoms with van der Waals surface area (Å²) in [7, 11) is 1.15. The summed E-state index contributed by atoms with van der Waals surface area (Å²) in [6, 6.07) is 3.51. The second kappa shape index (κ2) is 4.84. The molecule has 0 bridgehead atoms. The van der Waals surface area contributed by atoms with Gasteiger partial charge in [0, 0.05) is 0 Å². The van der Waals surface area contributed by atoms with Gasteiger partial charge in [0.15, 0.2) is 5.50 Å². The van der Waals surface area contributed by atoms with Crippen LogP contribution in [0, 0.1) is 10.7 Å². The predicted molar refractivity (Wildman–Crippen MR) is 52.1 cm³/mol. The number of nitroso groups, excluding NO2 is 1. The molecule has 0 saturated heterocycles. The van der Waals surface area contributed by atoms with Crippen molar-refractivity contribution in [2.75, 3.05) is 7.11 Å². The minimum atomic E-state index is -1.16. The number of nitrogens with zero attached hydrogens (tertiary/aromatic N) is 1. The molecule has 0 aliphatic carbocycles. The van der Waals surface area contributed by atoms with Gasteiger partial charge >= 0.3 is 5.97 Å². The van der Waals surface area contributed by atoms with Crippen LogP contribution in [0.15, 0.2) is 23.4 Å². The van der Waals surface area contributed by atoms with Gasteiger partial charge in [-0.15, -0.1) is 4.91 Å². The first-order valence-corrected chi connectivity index (χ1v) is 4.38. The van der Waals surface area contributed by atoms with E-state index in [0.717, 1.165) is 13.2 Å². The lowest BCUT2D eigenvalue weighted by atomic mass is 10.1. The Morgan fingerprint density at radius 2 is 2.27 bits per heavy atom. The monoisotopic (exact) mass is 231 g/mol. The van der Waals surface area contributed by atoms with Gasteiger partial charge in [0.25, 0.3) is 0 Å². The molecule has 1 aromatic carbocycles. The van der Waals surface area contributed by atoms with E-state index in [9.17, 15) is 14.1 Å². The van der Waals surface area contributed by atoms with Crippen LogP contribution >= 0.6 is 11.6 Å². The van der Waals surface area contributed by atoms with Crippen molar-refractivity contribution in [3.05, 3.63) is 40.1 Å². The number of carbonyl (C=O) groups is 1. The van der Waals surface area contributed by atoms with E-state index in [4.69, 9.17) is 11.6 Å². The Balaban J connectivity index is 3.08. The van der Waals surface area contributed by atoms with E-state index in [1.165, 1.54) is 12.1 Å². The highest BCUT2D eigenvalue weighted by Crippen LogP contribution is 2.23. The Hall–Kier alpha value is -1.49. The standard InChI is InChI=1S/C9H7ClFNO3/c1-15-9(13)6-3-2-5(4-7(6)11)8(10)12-14/h2-4,8H,1H3. The molecule has 1 unspecified atom stereocenters. The number of carbonyl (C=O) groups excluding carboxylic acids is 1. The van der Waals surface area contributed by atoms with Gasteiger partial charge in [0.05, 0.1) is 12.7 Å². The molecule has 0 aliphatic rings. The van der Waals surface area contributed by atoms with Crippen molar-refractivity contribution in [3.63, 3.8) is 0 Å². The predicted octanol–water partition coefficient (Wildman–Crippen LogP) is 2.62. The summed E-state index contributed by atoms with van der Waals surface area (Å²) in [4.78, 5) is 21.1. The molecule has 0 aliphatic heterocycles. The highest BCUT2D eigenvalue weighted by Gasteiger charge is 2.15. The van der Waals surface area contributed by atoms with Gasteiger partial charge in [-0.2, -0.15) is 0 Å². The van der Waals surface area contributed by atoms with Crippen LogP contribution in [-0.4, -0.2) is 13.1 Å². The molecule has 6 heteroatoms. The Morgan fingerprint density at radius 1 is 1.60 bits per heavy atom. The minimum Gasteiger partial charge on any atom is -0.465 e. The van der Waals surface area contributed by atoms with Crippen LogP contribution in [0.4, 0.5) is 4.39 Å². The zero-order valence-electron chi connectivity index (χ0n) is 7.74. The van der Waals surface area contributed by atoms with Crippen molar-refractivity contribution in [3.8, 4) is 0 Å². The van der Waals surface area contributed by atoms with Gasteiger partial charge in [-0.3, -0.25) is 0 Å². The molecular weight excluding hydrogens is 225 g/mol.